The Morgan fingerprint density at radius 2 is 1.83 bits per heavy atom. The molecule has 18 heavy (non-hydrogen) atoms. The van der Waals surface area contributed by atoms with Gasteiger partial charge in [0.25, 0.3) is 0 Å². The van der Waals surface area contributed by atoms with Crippen LogP contribution < -0.4 is 0 Å². The minimum Gasteiger partial charge on any atom is -0.463 e. The van der Waals surface area contributed by atoms with Crippen molar-refractivity contribution in [1.82, 2.24) is 14.6 Å². The van der Waals surface area contributed by atoms with Gasteiger partial charge in [0.15, 0.2) is 16.5 Å². The topological polar surface area (TPSA) is 56.5 Å². The van der Waals surface area contributed by atoms with Gasteiger partial charge in [0.05, 0.1) is 18.7 Å². The molecule has 0 radical (unpaired) electrons. The number of hydrogen-bond donors (Lipinski definition) is 0. The molecule has 0 fully saturated rings. The van der Waals surface area contributed by atoms with Crippen molar-refractivity contribution in [3.8, 4) is 22.2 Å². The highest BCUT2D eigenvalue weighted by molar-refractivity contribution is 7.19. The molecule has 88 valence electrons. The highest BCUT2D eigenvalue weighted by Crippen LogP contribution is 2.28. The molecule has 0 spiro atoms. The smallest absolute Gasteiger partial charge is 0.213 e. The third-order valence-electron chi connectivity index (χ3n) is 2.55. The first-order valence-corrected chi connectivity index (χ1v) is 6.16. The summed E-state index contributed by atoms with van der Waals surface area (Å²) in [6.45, 7) is 0. The zero-order valence-corrected chi connectivity index (χ0v) is 9.92. The summed E-state index contributed by atoms with van der Waals surface area (Å²) in [4.78, 5) is 5.28. The average molecular weight is 257 g/mol. The summed E-state index contributed by atoms with van der Waals surface area (Å²) >= 11 is 1.48. The molecule has 0 aliphatic rings. The van der Waals surface area contributed by atoms with E-state index in [1.54, 1.807) is 17.0 Å². The Morgan fingerprint density at radius 1 is 1.06 bits per heavy atom. The number of fused-ring (bicyclic) bond motifs is 1. The van der Waals surface area contributed by atoms with E-state index in [9.17, 15) is 0 Å². The Morgan fingerprint density at radius 3 is 2.50 bits per heavy atom. The molecule has 5 nitrogen and oxygen atoms in total. The van der Waals surface area contributed by atoms with Gasteiger partial charge in [-0.1, -0.05) is 11.3 Å². The summed E-state index contributed by atoms with van der Waals surface area (Å²) in [5.41, 5.74) is 0.782. The van der Waals surface area contributed by atoms with Crippen LogP contribution in [-0.4, -0.2) is 14.6 Å². The molecular weight excluding hydrogens is 250 g/mol. The van der Waals surface area contributed by atoms with Crippen LogP contribution in [0, 0.1) is 0 Å². The Bertz CT molecular complexity index is 686. The number of furan rings is 2. The zero-order valence-electron chi connectivity index (χ0n) is 9.11. The van der Waals surface area contributed by atoms with E-state index in [0.29, 0.717) is 0 Å². The normalized spacial score (nSPS) is 11.3. The lowest BCUT2D eigenvalue weighted by atomic mass is 10.4. The lowest BCUT2D eigenvalue weighted by molar-refractivity contribution is 0.580. The first kappa shape index (κ1) is 9.67. The molecule has 4 aromatic heterocycles. The minimum atomic E-state index is 0.743. The molecule has 4 rings (SSSR count). The van der Waals surface area contributed by atoms with Crippen LogP contribution >= 0.6 is 11.3 Å². The number of imidazole rings is 1. The van der Waals surface area contributed by atoms with Gasteiger partial charge in [0.1, 0.15) is 5.69 Å². The molecule has 0 saturated carbocycles. The molecule has 4 aromatic rings. The van der Waals surface area contributed by atoms with Crippen molar-refractivity contribution in [3.05, 3.63) is 43.0 Å². The molecule has 0 unspecified atom stereocenters. The predicted molar refractivity (Wildman–Crippen MR) is 66.3 cm³/mol. The molecular formula is C12H7N3O2S. The van der Waals surface area contributed by atoms with Gasteiger partial charge in [-0.2, -0.15) is 5.10 Å². The maximum atomic E-state index is 5.31. The summed E-state index contributed by atoms with van der Waals surface area (Å²) in [7, 11) is 0. The largest absolute Gasteiger partial charge is 0.463 e. The fraction of sp³-hybridized carbons (Fsp3) is 0. The SMILES string of the molecule is c1coc(-c2cn3nc(-c4ccco4)sc3n2)c1. The lowest BCUT2D eigenvalue weighted by Crippen LogP contribution is -1.80. The Labute approximate surface area is 105 Å². The van der Waals surface area contributed by atoms with Crippen molar-refractivity contribution >= 4 is 16.3 Å². The second-order valence-electron chi connectivity index (χ2n) is 3.72. The zero-order chi connectivity index (χ0) is 11.9. The van der Waals surface area contributed by atoms with Gasteiger partial charge in [-0.15, -0.1) is 0 Å². The second kappa shape index (κ2) is 3.58. The molecule has 0 aromatic carbocycles. The van der Waals surface area contributed by atoms with Crippen LogP contribution in [0.4, 0.5) is 0 Å². The van der Waals surface area contributed by atoms with Crippen LogP contribution in [0.1, 0.15) is 0 Å². The van der Waals surface area contributed by atoms with Crippen molar-refractivity contribution in [2.75, 3.05) is 0 Å². The van der Waals surface area contributed by atoms with Crippen molar-refractivity contribution in [1.29, 1.82) is 0 Å². The molecule has 0 amide bonds. The van der Waals surface area contributed by atoms with Gasteiger partial charge in [-0.25, -0.2) is 9.50 Å². The van der Waals surface area contributed by atoms with E-state index in [4.69, 9.17) is 8.83 Å². The first-order valence-electron chi connectivity index (χ1n) is 5.34. The number of nitrogens with zero attached hydrogens (tertiary/aromatic N) is 3. The minimum absolute atomic E-state index is 0.743. The highest BCUT2D eigenvalue weighted by atomic mass is 32.1. The maximum Gasteiger partial charge on any atom is 0.213 e. The van der Waals surface area contributed by atoms with Gasteiger partial charge in [-0.05, 0) is 24.3 Å². The quantitative estimate of drug-likeness (QED) is 0.552. The van der Waals surface area contributed by atoms with Gasteiger partial charge >= 0.3 is 0 Å². The van der Waals surface area contributed by atoms with Gasteiger partial charge in [0.2, 0.25) is 4.96 Å². The summed E-state index contributed by atoms with van der Waals surface area (Å²) in [5, 5.41) is 5.24. The molecule has 0 aliphatic carbocycles. The molecule has 4 heterocycles. The van der Waals surface area contributed by atoms with Crippen LogP contribution in [0.3, 0.4) is 0 Å². The van der Waals surface area contributed by atoms with E-state index in [2.05, 4.69) is 10.1 Å². The average Bonchev–Trinajstić information content (AvgIpc) is 3.13. The number of hydrogen-bond acceptors (Lipinski definition) is 5. The van der Waals surface area contributed by atoms with Crippen LogP contribution in [-0.2, 0) is 0 Å². The van der Waals surface area contributed by atoms with E-state index in [1.165, 1.54) is 11.3 Å². The Hall–Kier alpha value is -2.34. The monoisotopic (exact) mass is 257 g/mol. The van der Waals surface area contributed by atoms with E-state index >= 15 is 0 Å². The molecule has 6 heteroatoms. The summed E-state index contributed by atoms with van der Waals surface area (Å²) < 4.78 is 12.3. The lowest BCUT2D eigenvalue weighted by Gasteiger charge is -1.87. The van der Waals surface area contributed by atoms with E-state index in [0.717, 1.165) is 27.2 Å². The third-order valence-corrected chi connectivity index (χ3v) is 3.49. The van der Waals surface area contributed by atoms with E-state index < -0.39 is 0 Å². The van der Waals surface area contributed by atoms with Gasteiger partial charge < -0.3 is 8.83 Å². The first-order chi connectivity index (χ1) is 8.90. The van der Waals surface area contributed by atoms with Crippen molar-refractivity contribution in [3.63, 3.8) is 0 Å². The van der Waals surface area contributed by atoms with Crippen LogP contribution in [0.5, 0.6) is 0 Å². The van der Waals surface area contributed by atoms with Crippen molar-refractivity contribution < 1.29 is 8.83 Å². The van der Waals surface area contributed by atoms with Gasteiger partial charge in [-0.3, -0.25) is 0 Å². The number of aromatic nitrogens is 3. The summed E-state index contributed by atoms with van der Waals surface area (Å²) in [6.07, 6.45) is 5.11. The van der Waals surface area contributed by atoms with Gasteiger partial charge in [0, 0.05) is 0 Å². The fourth-order valence-electron chi connectivity index (χ4n) is 1.74. The maximum absolute atomic E-state index is 5.31. The van der Waals surface area contributed by atoms with Crippen LogP contribution in [0.25, 0.3) is 27.2 Å². The highest BCUT2D eigenvalue weighted by Gasteiger charge is 2.13. The Balaban J connectivity index is 1.82. The van der Waals surface area contributed by atoms with E-state index in [-0.39, 0.29) is 0 Å². The van der Waals surface area contributed by atoms with Crippen LogP contribution in [0.2, 0.25) is 0 Å². The van der Waals surface area contributed by atoms with E-state index in [1.807, 2.05) is 30.5 Å². The molecule has 0 bridgehead atoms. The molecule has 0 atom stereocenters. The number of rotatable bonds is 2. The molecule has 0 N–H and O–H groups in total. The molecule has 0 saturated heterocycles. The third kappa shape index (κ3) is 1.39. The predicted octanol–water partition coefficient (Wildman–Crippen LogP) is 3.31. The standard InChI is InChI=1S/C12H7N3O2S/c1-3-9(16-5-1)8-7-15-12(13-8)18-11(14-15)10-4-2-6-17-10/h1-7H. The Kier molecular flexibility index (Phi) is 1.92. The molecule has 0 aliphatic heterocycles. The second-order valence-corrected chi connectivity index (χ2v) is 4.67. The summed E-state index contributed by atoms with van der Waals surface area (Å²) in [5.74, 6) is 1.50. The van der Waals surface area contributed by atoms with Crippen LogP contribution in [0.15, 0.2) is 51.8 Å². The summed E-state index contributed by atoms with van der Waals surface area (Å²) in [6, 6.07) is 7.43. The van der Waals surface area contributed by atoms with Crippen molar-refractivity contribution in [2.24, 2.45) is 0 Å². The van der Waals surface area contributed by atoms with Crippen molar-refractivity contribution in [2.45, 2.75) is 0 Å². The fourth-order valence-corrected chi connectivity index (χ4v) is 2.59.